The highest BCUT2D eigenvalue weighted by atomic mass is 35.5. The zero-order chi connectivity index (χ0) is 23.5. The molecule has 0 saturated carbocycles. The van der Waals surface area contributed by atoms with Crippen LogP contribution in [0.1, 0.15) is 37.8 Å². The number of carbonyl (C=O) groups excluding carboxylic acids is 1. The number of methoxy groups -OCH3 is 1. The normalized spacial score (nSPS) is 20.2. The second kappa shape index (κ2) is 10.7. The monoisotopic (exact) mass is 509 g/mol. The molecule has 2 saturated heterocycles. The van der Waals surface area contributed by atoms with Gasteiger partial charge in [0.05, 0.1) is 22.9 Å². The van der Waals surface area contributed by atoms with Gasteiger partial charge in [-0.1, -0.05) is 40.9 Å². The largest absolute Gasteiger partial charge is 0.380 e. The third kappa shape index (κ3) is 5.71. The van der Waals surface area contributed by atoms with Gasteiger partial charge in [0, 0.05) is 54.9 Å². The molecule has 2 aliphatic rings. The number of ether oxygens (including phenoxy) is 1. The molecule has 0 bridgehead atoms. The summed E-state index contributed by atoms with van der Waals surface area (Å²) < 4.78 is 5.41. The maximum Gasteiger partial charge on any atom is 0.225 e. The molecule has 2 atom stereocenters. The summed E-state index contributed by atoms with van der Waals surface area (Å²) in [4.78, 5) is 17.2. The molecule has 2 aromatic rings. The van der Waals surface area contributed by atoms with Crippen molar-refractivity contribution >= 4 is 52.1 Å². The van der Waals surface area contributed by atoms with E-state index in [1.807, 2.05) is 36.1 Å². The molecule has 0 spiro atoms. The molecule has 0 aliphatic carbocycles. The number of halogens is 3. The molecule has 1 N–H and O–H groups in total. The number of nitrogens with zero attached hydrogens (tertiary/aromatic N) is 2. The average Bonchev–Trinajstić information content (AvgIpc) is 3.29. The molecular weight excluding hydrogens is 481 g/mol. The number of carbonyl (C=O) groups is 1. The molecule has 2 aliphatic heterocycles. The van der Waals surface area contributed by atoms with E-state index in [0.717, 1.165) is 62.4 Å². The van der Waals surface area contributed by atoms with Crippen molar-refractivity contribution in [2.45, 2.75) is 38.3 Å². The van der Waals surface area contributed by atoms with E-state index in [1.54, 1.807) is 13.2 Å². The number of hydrogen-bond acceptors (Lipinski definition) is 4. The third-order valence-electron chi connectivity index (χ3n) is 6.75. The smallest absolute Gasteiger partial charge is 0.225 e. The Kier molecular flexibility index (Phi) is 7.95. The Hall–Kier alpha value is -1.66. The van der Waals surface area contributed by atoms with Crippen LogP contribution in [-0.2, 0) is 9.53 Å². The zero-order valence-corrected chi connectivity index (χ0v) is 21.3. The Balaban J connectivity index is 1.38. The van der Waals surface area contributed by atoms with Crippen LogP contribution in [0.2, 0.25) is 15.1 Å². The van der Waals surface area contributed by atoms with E-state index in [2.05, 4.69) is 16.3 Å². The second-order valence-electron chi connectivity index (χ2n) is 8.89. The highest BCUT2D eigenvalue weighted by Crippen LogP contribution is 2.34. The summed E-state index contributed by atoms with van der Waals surface area (Å²) in [6, 6.07) is 11.5. The highest BCUT2D eigenvalue weighted by molar-refractivity contribution is 6.35. The van der Waals surface area contributed by atoms with Crippen LogP contribution in [0.4, 0.5) is 11.4 Å². The Morgan fingerprint density at radius 3 is 2.45 bits per heavy atom. The van der Waals surface area contributed by atoms with Crippen LogP contribution in [0.5, 0.6) is 0 Å². The van der Waals surface area contributed by atoms with Crippen molar-refractivity contribution in [2.24, 2.45) is 5.92 Å². The molecular formula is C25H30Cl3N3O2. The summed E-state index contributed by atoms with van der Waals surface area (Å²) >= 11 is 18.9. The standard InChI is InChI=1S/C25H30Cl3N3O2/c1-16(21-5-3-18(26)13-23(21)28)29-24-14-19(4-6-22(24)27)30-10-7-17(8-11-30)25(32)31-12-9-20(15-31)33-2/h3-6,13-14,16-17,20,29H,7-12,15H2,1-2H3/t16-,20?/m1/s1. The van der Waals surface area contributed by atoms with Crippen LogP contribution < -0.4 is 10.2 Å². The van der Waals surface area contributed by atoms with Gasteiger partial charge in [-0.15, -0.1) is 0 Å². The predicted molar refractivity (Wildman–Crippen MR) is 137 cm³/mol. The number of rotatable bonds is 6. The number of hydrogen-bond donors (Lipinski definition) is 1. The maximum atomic E-state index is 12.9. The molecule has 2 aromatic carbocycles. The van der Waals surface area contributed by atoms with Crippen LogP contribution in [0, 0.1) is 5.92 Å². The van der Waals surface area contributed by atoms with Crippen molar-refractivity contribution < 1.29 is 9.53 Å². The van der Waals surface area contributed by atoms with Crippen molar-refractivity contribution in [3.05, 3.63) is 57.0 Å². The Bertz CT molecular complexity index is 995. The fraction of sp³-hybridized carbons (Fsp3) is 0.480. The van der Waals surface area contributed by atoms with Gasteiger partial charge >= 0.3 is 0 Å². The molecule has 2 fully saturated rings. The van der Waals surface area contributed by atoms with E-state index in [0.29, 0.717) is 15.1 Å². The minimum absolute atomic E-state index is 0.0396. The number of benzene rings is 2. The number of piperidine rings is 1. The molecule has 0 aromatic heterocycles. The molecule has 2 heterocycles. The maximum absolute atomic E-state index is 12.9. The number of likely N-dealkylation sites (tertiary alicyclic amines) is 1. The third-order valence-corrected chi connectivity index (χ3v) is 7.64. The fourth-order valence-corrected chi connectivity index (χ4v) is 5.49. The first kappa shape index (κ1) is 24.5. The lowest BCUT2D eigenvalue weighted by Crippen LogP contribution is -2.42. The number of amides is 1. The minimum atomic E-state index is -0.0396. The van der Waals surface area contributed by atoms with Crippen LogP contribution in [-0.4, -0.2) is 50.2 Å². The van der Waals surface area contributed by atoms with Crippen LogP contribution in [0.3, 0.4) is 0 Å². The van der Waals surface area contributed by atoms with Gasteiger partial charge < -0.3 is 19.9 Å². The molecule has 8 heteroatoms. The van der Waals surface area contributed by atoms with E-state index in [4.69, 9.17) is 39.5 Å². The lowest BCUT2D eigenvalue weighted by atomic mass is 9.95. The average molecular weight is 511 g/mol. The summed E-state index contributed by atoms with van der Waals surface area (Å²) in [5.74, 6) is 0.371. The summed E-state index contributed by atoms with van der Waals surface area (Å²) in [6.45, 7) is 5.26. The Morgan fingerprint density at radius 1 is 1.03 bits per heavy atom. The molecule has 5 nitrogen and oxygen atoms in total. The summed E-state index contributed by atoms with van der Waals surface area (Å²) in [5.41, 5.74) is 2.91. The van der Waals surface area contributed by atoms with Crippen LogP contribution in [0.25, 0.3) is 0 Å². The second-order valence-corrected chi connectivity index (χ2v) is 10.1. The summed E-state index contributed by atoms with van der Waals surface area (Å²) in [6.07, 6.45) is 2.82. The fourth-order valence-electron chi connectivity index (χ4n) is 4.75. The van der Waals surface area contributed by atoms with Crippen molar-refractivity contribution in [3.8, 4) is 0 Å². The molecule has 1 amide bonds. The first-order valence-electron chi connectivity index (χ1n) is 11.4. The van der Waals surface area contributed by atoms with Gasteiger partial charge in [-0.05, 0) is 62.1 Å². The van der Waals surface area contributed by atoms with E-state index >= 15 is 0 Å². The van der Waals surface area contributed by atoms with Crippen molar-refractivity contribution in [1.82, 2.24) is 4.90 Å². The summed E-state index contributed by atoms with van der Waals surface area (Å²) in [7, 11) is 1.72. The number of anilines is 2. The SMILES string of the molecule is COC1CCN(C(=O)C2CCN(c3ccc(Cl)c(N[C@H](C)c4ccc(Cl)cc4Cl)c3)CC2)C1. The van der Waals surface area contributed by atoms with Crippen molar-refractivity contribution in [2.75, 3.05) is 43.5 Å². The first-order valence-corrected chi connectivity index (χ1v) is 12.6. The van der Waals surface area contributed by atoms with Gasteiger partial charge in [-0.25, -0.2) is 0 Å². The van der Waals surface area contributed by atoms with E-state index in [9.17, 15) is 4.79 Å². The Morgan fingerprint density at radius 2 is 1.79 bits per heavy atom. The molecule has 178 valence electrons. The van der Waals surface area contributed by atoms with Crippen LogP contribution in [0.15, 0.2) is 36.4 Å². The van der Waals surface area contributed by atoms with E-state index in [1.165, 1.54) is 0 Å². The van der Waals surface area contributed by atoms with Gasteiger partial charge in [-0.3, -0.25) is 4.79 Å². The first-order chi connectivity index (χ1) is 15.9. The van der Waals surface area contributed by atoms with Crippen molar-refractivity contribution in [3.63, 3.8) is 0 Å². The highest BCUT2D eigenvalue weighted by Gasteiger charge is 2.33. The van der Waals surface area contributed by atoms with E-state index in [-0.39, 0.29) is 24.0 Å². The number of nitrogens with one attached hydrogen (secondary N) is 1. The summed E-state index contributed by atoms with van der Waals surface area (Å²) in [5, 5.41) is 5.37. The van der Waals surface area contributed by atoms with Gasteiger partial charge in [0.2, 0.25) is 5.91 Å². The van der Waals surface area contributed by atoms with Crippen LogP contribution >= 0.6 is 34.8 Å². The Labute approximate surface area is 210 Å². The quantitative estimate of drug-likeness (QED) is 0.496. The molecule has 1 unspecified atom stereocenters. The van der Waals surface area contributed by atoms with Gasteiger partial charge in [-0.2, -0.15) is 0 Å². The molecule has 4 rings (SSSR count). The van der Waals surface area contributed by atoms with Gasteiger partial charge in [0.1, 0.15) is 0 Å². The topological polar surface area (TPSA) is 44.8 Å². The predicted octanol–water partition coefficient (Wildman–Crippen LogP) is 6.28. The van der Waals surface area contributed by atoms with E-state index < -0.39 is 0 Å². The van der Waals surface area contributed by atoms with Gasteiger partial charge in [0.25, 0.3) is 0 Å². The lowest BCUT2D eigenvalue weighted by molar-refractivity contribution is -0.135. The van der Waals surface area contributed by atoms with Gasteiger partial charge in [0.15, 0.2) is 0 Å². The molecule has 0 radical (unpaired) electrons. The van der Waals surface area contributed by atoms with Crippen molar-refractivity contribution in [1.29, 1.82) is 0 Å². The lowest BCUT2D eigenvalue weighted by Gasteiger charge is -2.35. The molecule has 33 heavy (non-hydrogen) atoms. The zero-order valence-electron chi connectivity index (χ0n) is 19.0. The minimum Gasteiger partial charge on any atom is -0.380 e.